The van der Waals surface area contributed by atoms with Crippen LogP contribution in [0.1, 0.15) is 18.1 Å². The third-order valence-corrected chi connectivity index (χ3v) is 5.60. The molecule has 0 saturated carbocycles. The Labute approximate surface area is 156 Å². The number of nitrogens with one attached hydrogen (secondary N) is 1. The minimum atomic E-state index is -0.807. The highest BCUT2D eigenvalue weighted by atomic mass is 35.5. The Morgan fingerprint density at radius 2 is 1.92 bits per heavy atom. The first-order valence-electron chi connectivity index (χ1n) is 8.05. The van der Waals surface area contributed by atoms with Gasteiger partial charge in [0.25, 0.3) is 0 Å². The van der Waals surface area contributed by atoms with E-state index >= 15 is 0 Å². The maximum Gasteiger partial charge on any atom is 0.326 e. The van der Waals surface area contributed by atoms with Gasteiger partial charge in [0.15, 0.2) is 0 Å². The summed E-state index contributed by atoms with van der Waals surface area (Å²) in [6.45, 7) is 2.45. The molecule has 0 unspecified atom stereocenters. The third-order valence-electron chi connectivity index (χ3n) is 4.34. The Kier molecular flexibility index (Phi) is 5.42. The third kappa shape index (κ3) is 4.03. The average molecular weight is 374 g/mol. The minimum Gasteiger partial charge on any atom is -0.468 e. The fourth-order valence-corrected chi connectivity index (χ4v) is 3.97. The molecule has 2 aromatic carbocycles. The summed E-state index contributed by atoms with van der Waals surface area (Å²) in [5, 5.41) is 7.38. The molecule has 0 bridgehead atoms. The number of esters is 1. The first-order chi connectivity index (χ1) is 12.0. The minimum absolute atomic E-state index is 0.267. The molecule has 0 amide bonds. The van der Waals surface area contributed by atoms with Crippen LogP contribution in [0.25, 0.3) is 10.1 Å². The lowest BCUT2D eigenvalue weighted by atomic mass is 9.92. The summed E-state index contributed by atoms with van der Waals surface area (Å²) in [7, 11) is 1.43. The molecule has 0 aliphatic carbocycles. The molecule has 1 atom stereocenters. The van der Waals surface area contributed by atoms with Crippen LogP contribution in [0.5, 0.6) is 0 Å². The SMILES string of the molecule is COC(=O)[C@](C)(Cc1csc2ccccc12)NCc1ccc(Cl)cc1. The topological polar surface area (TPSA) is 38.3 Å². The van der Waals surface area contributed by atoms with Crippen molar-refractivity contribution >= 4 is 39.0 Å². The van der Waals surface area contributed by atoms with Crippen molar-refractivity contribution in [2.45, 2.75) is 25.4 Å². The van der Waals surface area contributed by atoms with E-state index in [-0.39, 0.29) is 5.97 Å². The molecule has 5 heteroatoms. The van der Waals surface area contributed by atoms with Gasteiger partial charge < -0.3 is 4.74 Å². The van der Waals surface area contributed by atoms with Gasteiger partial charge in [-0.1, -0.05) is 41.9 Å². The highest BCUT2D eigenvalue weighted by Gasteiger charge is 2.34. The molecule has 1 N–H and O–H groups in total. The van der Waals surface area contributed by atoms with E-state index in [4.69, 9.17) is 16.3 Å². The Bertz CT molecular complexity index is 875. The van der Waals surface area contributed by atoms with Crippen molar-refractivity contribution in [3.8, 4) is 0 Å². The monoisotopic (exact) mass is 373 g/mol. The molecule has 0 aliphatic rings. The number of hydrogen-bond donors (Lipinski definition) is 1. The number of thiophene rings is 1. The molecule has 0 aliphatic heterocycles. The molecule has 0 fully saturated rings. The van der Waals surface area contributed by atoms with Crippen LogP contribution in [-0.2, 0) is 22.5 Å². The number of rotatable bonds is 6. The van der Waals surface area contributed by atoms with Gasteiger partial charge in [0.2, 0.25) is 0 Å². The number of benzene rings is 2. The van der Waals surface area contributed by atoms with Crippen LogP contribution in [0.15, 0.2) is 53.9 Å². The molecule has 3 aromatic rings. The summed E-state index contributed by atoms with van der Waals surface area (Å²) in [6.07, 6.45) is 0.567. The summed E-state index contributed by atoms with van der Waals surface area (Å²) < 4.78 is 6.29. The normalized spacial score (nSPS) is 13.6. The molecule has 3 rings (SSSR count). The second kappa shape index (κ2) is 7.56. The maximum absolute atomic E-state index is 12.5. The van der Waals surface area contributed by atoms with Gasteiger partial charge in [-0.2, -0.15) is 0 Å². The van der Waals surface area contributed by atoms with Crippen molar-refractivity contribution in [3.05, 3.63) is 70.1 Å². The van der Waals surface area contributed by atoms with Crippen LogP contribution < -0.4 is 5.32 Å². The van der Waals surface area contributed by atoms with Gasteiger partial charge >= 0.3 is 5.97 Å². The number of carbonyl (C=O) groups excluding carboxylic acids is 1. The molecule has 1 heterocycles. The number of hydrogen-bond acceptors (Lipinski definition) is 4. The first-order valence-corrected chi connectivity index (χ1v) is 9.30. The molecular weight excluding hydrogens is 354 g/mol. The second-order valence-electron chi connectivity index (χ2n) is 6.24. The Morgan fingerprint density at radius 3 is 2.64 bits per heavy atom. The van der Waals surface area contributed by atoms with Crippen molar-refractivity contribution in [1.29, 1.82) is 0 Å². The van der Waals surface area contributed by atoms with Gasteiger partial charge in [0, 0.05) is 22.7 Å². The van der Waals surface area contributed by atoms with Crippen LogP contribution in [0.2, 0.25) is 5.02 Å². The second-order valence-corrected chi connectivity index (χ2v) is 7.59. The lowest BCUT2D eigenvalue weighted by molar-refractivity contribution is -0.148. The van der Waals surface area contributed by atoms with E-state index in [1.807, 2.05) is 43.3 Å². The first kappa shape index (κ1) is 17.9. The van der Waals surface area contributed by atoms with Crippen molar-refractivity contribution in [3.63, 3.8) is 0 Å². The number of halogens is 1. The van der Waals surface area contributed by atoms with E-state index in [1.165, 1.54) is 17.2 Å². The van der Waals surface area contributed by atoms with Crippen molar-refractivity contribution in [2.24, 2.45) is 0 Å². The molecule has 0 saturated heterocycles. The number of fused-ring (bicyclic) bond motifs is 1. The number of methoxy groups -OCH3 is 1. The van der Waals surface area contributed by atoms with E-state index < -0.39 is 5.54 Å². The van der Waals surface area contributed by atoms with E-state index in [0.717, 1.165) is 11.1 Å². The summed E-state index contributed by atoms with van der Waals surface area (Å²) in [5.74, 6) is -0.267. The highest BCUT2D eigenvalue weighted by molar-refractivity contribution is 7.17. The zero-order valence-electron chi connectivity index (χ0n) is 14.2. The van der Waals surface area contributed by atoms with Gasteiger partial charge in [0.05, 0.1) is 7.11 Å². The quantitative estimate of drug-likeness (QED) is 0.629. The van der Waals surface area contributed by atoms with Crippen molar-refractivity contribution in [2.75, 3.05) is 7.11 Å². The van der Waals surface area contributed by atoms with E-state index in [9.17, 15) is 4.79 Å². The van der Waals surface area contributed by atoms with Crippen molar-refractivity contribution in [1.82, 2.24) is 5.32 Å². The van der Waals surface area contributed by atoms with Crippen molar-refractivity contribution < 1.29 is 9.53 Å². The fraction of sp³-hybridized carbons (Fsp3) is 0.250. The predicted molar refractivity (Wildman–Crippen MR) is 104 cm³/mol. The van der Waals surface area contributed by atoms with E-state index in [0.29, 0.717) is 18.0 Å². The molecular formula is C20H20ClNO2S. The number of ether oxygens (including phenoxy) is 1. The van der Waals surface area contributed by atoms with Gasteiger partial charge in [0.1, 0.15) is 5.54 Å². The Hall–Kier alpha value is -1.88. The van der Waals surface area contributed by atoms with Crippen LogP contribution in [0.4, 0.5) is 0 Å². The largest absolute Gasteiger partial charge is 0.468 e. The van der Waals surface area contributed by atoms with E-state index in [2.05, 4.69) is 22.8 Å². The summed E-state index contributed by atoms with van der Waals surface area (Å²) in [6, 6.07) is 15.8. The molecule has 0 spiro atoms. The molecule has 3 nitrogen and oxygen atoms in total. The fourth-order valence-electron chi connectivity index (χ4n) is 2.88. The molecule has 0 radical (unpaired) electrons. The number of carbonyl (C=O) groups is 1. The van der Waals surface area contributed by atoms with Crippen LogP contribution >= 0.6 is 22.9 Å². The Morgan fingerprint density at radius 1 is 1.20 bits per heavy atom. The van der Waals surface area contributed by atoms with Crippen LogP contribution in [0, 0.1) is 0 Å². The van der Waals surface area contributed by atoms with Gasteiger partial charge in [-0.05, 0) is 47.0 Å². The lowest BCUT2D eigenvalue weighted by Crippen LogP contribution is -2.51. The summed E-state index contributed by atoms with van der Waals surface area (Å²) >= 11 is 7.63. The van der Waals surface area contributed by atoms with Crippen LogP contribution in [-0.4, -0.2) is 18.6 Å². The van der Waals surface area contributed by atoms with Gasteiger partial charge in [-0.25, -0.2) is 0 Å². The molecule has 1 aromatic heterocycles. The standard InChI is InChI=1S/C20H20ClNO2S/c1-20(19(23)24-2,22-12-14-7-9-16(21)10-8-14)11-15-13-25-18-6-4-3-5-17(15)18/h3-10,13,22H,11-12H2,1-2H3/t20-/m0/s1. The van der Waals surface area contributed by atoms with Gasteiger partial charge in [-0.15, -0.1) is 11.3 Å². The predicted octanol–water partition coefficient (Wildman–Crippen LogP) is 4.82. The smallest absolute Gasteiger partial charge is 0.326 e. The Balaban J connectivity index is 1.82. The molecule has 25 heavy (non-hydrogen) atoms. The van der Waals surface area contributed by atoms with E-state index in [1.54, 1.807) is 11.3 Å². The summed E-state index contributed by atoms with van der Waals surface area (Å²) in [5.41, 5.74) is 1.41. The zero-order valence-corrected chi connectivity index (χ0v) is 15.8. The molecule has 130 valence electrons. The average Bonchev–Trinajstić information content (AvgIpc) is 3.03. The lowest BCUT2D eigenvalue weighted by Gasteiger charge is -2.28. The summed E-state index contributed by atoms with van der Waals surface area (Å²) in [4.78, 5) is 12.5. The highest BCUT2D eigenvalue weighted by Crippen LogP contribution is 2.29. The maximum atomic E-state index is 12.5. The zero-order chi connectivity index (χ0) is 17.9. The van der Waals surface area contributed by atoms with Crippen LogP contribution in [0.3, 0.4) is 0 Å². The van der Waals surface area contributed by atoms with Gasteiger partial charge in [-0.3, -0.25) is 10.1 Å².